The van der Waals surface area contributed by atoms with Crippen LogP contribution in [0.2, 0.25) is 0 Å². The van der Waals surface area contributed by atoms with Crippen LogP contribution in [-0.4, -0.2) is 133 Å². The molecule has 2 saturated heterocycles. The van der Waals surface area contributed by atoms with Crippen molar-refractivity contribution in [1.29, 1.82) is 0 Å². The SMILES string of the molecule is COc1ccc(/C=C/C(=O)c2c(OC)cc(O[C@@H]3O[C@H](CO[C@@H]4O[C@@H](C)[C@H](O)[C@@H](O)[C@H]4O)[C@@H](O)[C@H](O)[C@H]3O)cc2OC)cc1OC. The van der Waals surface area contributed by atoms with E-state index in [1.807, 2.05) is 0 Å². The number of hydrogen-bond acceptors (Lipinski definition) is 15. The highest BCUT2D eigenvalue weighted by molar-refractivity contribution is 6.10. The van der Waals surface area contributed by atoms with E-state index in [9.17, 15) is 35.4 Å². The minimum absolute atomic E-state index is 0.0263. The number of ketones is 1. The maximum Gasteiger partial charge on any atom is 0.229 e. The molecule has 2 aromatic carbocycles. The second-order valence-corrected chi connectivity index (χ2v) is 10.7. The molecular formula is C31H40O15. The van der Waals surface area contributed by atoms with Crippen LogP contribution in [0.15, 0.2) is 36.4 Å². The molecule has 0 bridgehead atoms. The maximum absolute atomic E-state index is 13.3. The lowest BCUT2D eigenvalue weighted by Crippen LogP contribution is -2.61. The van der Waals surface area contributed by atoms with E-state index in [2.05, 4.69) is 0 Å². The topological polar surface area (TPSA) is 212 Å². The van der Waals surface area contributed by atoms with Crippen molar-refractivity contribution >= 4 is 11.9 Å². The minimum atomic E-state index is -1.73. The van der Waals surface area contributed by atoms with Gasteiger partial charge in [-0.2, -0.15) is 0 Å². The Balaban J connectivity index is 1.50. The Morgan fingerprint density at radius 1 is 0.717 bits per heavy atom. The summed E-state index contributed by atoms with van der Waals surface area (Å²) >= 11 is 0. The third-order valence-corrected chi connectivity index (χ3v) is 7.71. The molecule has 2 heterocycles. The number of benzene rings is 2. The summed E-state index contributed by atoms with van der Waals surface area (Å²) in [6, 6.07) is 7.87. The number of allylic oxidation sites excluding steroid dienone is 1. The standard InChI is InChI=1S/C31H40O15/c1-14-24(33)26(35)28(37)30(44-14)43-13-22-25(34)27(36)29(38)31(46-22)45-16-11-20(41-4)23(21(12-16)42-5)17(32)8-6-15-7-9-18(39-2)19(10-15)40-3/h6-12,14,22,24-31,33-38H,13H2,1-5H3/b8-6+/t14-,22+,24-,25+,26+,27-,28+,29+,30+,31+/m0/s1. The molecule has 15 nitrogen and oxygen atoms in total. The van der Waals surface area contributed by atoms with Crippen LogP contribution in [0.25, 0.3) is 6.08 Å². The summed E-state index contributed by atoms with van der Waals surface area (Å²) in [5, 5.41) is 61.8. The van der Waals surface area contributed by atoms with E-state index in [4.69, 9.17) is 37.9 Å². The number of aliphatic hydroxyl groups excluding tert-OH is 6. The highest BCUT2D eigenvalue weighted by Gasteiger charge is 2.47. The van der Waals surface area contributed by atoms with Crippen molar-refractivity contribution in [2.45, 2.75) is 68.3 Å². The number of carbonyl (C=O) groups is 1. The van der Waals surface area contributed by atoms with Gasteiger partial charge in [-0.15, -0.1) is 0 Å². The summed E-state index contributed by atoms with van der Waals surface area (Å²) in [6.07, 6.45) is -11.8. The second-order valence-electron chi connectivity index (χ2n) is 10.7. The van der Waals surface area contributed by atoms with E-state index in [-0.39, 0.29) is 22.8 Å². The van der Waals surface area contributed by atoms with Gasteiger partial charge < -0.3 is 68.5 Å². The molecule has 2 aliphatic rings. The Bertz CT molecular complexity index is 1340. The van der Waals surface area contributed by atoms with Gasteiger partial charge in [-0.3, -0.25) is 4.79 Å². The van der Waals surface area contributed by atoms with Gasteiger partial charge in [-0.05, 0) is 30.7 Å². The van der Waals surface area contributed by atoms with Crippen LogP contribution in [0.1, 0.15) is 22.8 Å². The molecule has 254 valence electrons. The van der Waals surface area contributed by atoms with Crippen molar-refractivity contribution in [1.82, 2.24) is 0 Å². The predicted octanol–water partition coefficient (Wildman–Crippen LogP) is -0.352. The highest BCUT2D eigenvalue weighted by atomic mass is 16.7. The molecule has 6 N–H and O–H groups in total. The first-order valence-electron chi connectivity index (χ1n) is 14.3. The van der Waals surface area contributed by atoms with Crippen molar-refractivity contribution < 1.29 is 73.3 Å². The summed E-state index contributed by atoms with van der Waals surface area (Å²) in [5.41, 5.74) is 0.743. The fourth-order valence-corrected chi connectivity index (χ4v) is 5.04. The number of methoxy groups -OCH3 is 4. The summed E-state index contributed by atoms with van der Waals surface area (Å²) in [5.74, 6) is 0.725. The molecule has 4 rings (SSSR count). The van der Waals surface area contributed by atoms with Crippen LogP contribution in [0.5, 0.6) is 28.7 Å². The Kier molecular flexibility index (Phi) is 11.8. The third-order valence-electron chi connectivity index (χ3n) is 7.71. The van der Waals surface area contributed by atoms with Gasteiger partial charge >= 0.3 is 0 Å². The summed E-state index contributed by atoms with van der Waals surface area (Å²) < 4.78 is 43.8. The van der Waals surface area contributed by atoms with Crippen LogP contribution in [-0.2, 0) is 14.2 Å². The molecule has 0 spiro atoms. The molecule has 0 radical (unpaired) electrons. The van der Waals surface area contributed by atoms with E-state index in [0.717, 1.165) is 0 Å². The number of hydrogen-bond donors (Lipinski definition) is 6. The predicted molar refractivity (Wildman–Crippen MR) is 158 cm³/mol. The highest BCUT2D eigenvalue weighted by Crippen LogP contribution is 2.37. The number of carbonyl (C=O) groups excluding carboxylic acids is 1. The molecule has 0 amide bonds. The van der Waals surface area contributed by atoms with Crippen LogP contribution < -0.4 is 23.7 Å². The zero-order valence-corrected chi connectivity index (χ0v) is 25.9. The minimum Gasteiger partial charge on any atom is -0.496 e. The van der Waals surface area contributed by atoms with E-state index < -0.39 is 73.8 Å². The Morgan fingerprint density at radius 2 is 1.30 bits per heavy atom. The fraction of sp³-hybridized carbons (Fsp3) is 0.516. The van der Waals surface area contributed by atoms with E-state index in [0.29, 0.717) is 17.1 Å². The number of ether oxygens (including phenoxy) is 8. The lowest BCUT2D eigenvalue weighted by Gasteiger charge is -2.42. The average molecular weight is 653 g/mol. The smallest absolute Gasteiger partial charge is 0.229 e. The molecule has 2 aliphatic heterocycles. The Labute approximate surface area is 265 Å². The van der Waals surface area contributed by atoms with E-state index in [1.165, 1.54) is 53.6 Å². The molecule has 0 saturated carbocycles. The monoisotopic (exact) mass is 652 g/mol. The zero-order chi connectivity index (χ0) is 33.7. The molecule has 0 aromatic heterocycles. The van der Waals surface area contributed by atoms with E-state index >= 15 is 0 Å². The van der Waals surface area contributed by atoms with Gasteiger partial charge in [-0.1, -0.05) is 12.1 Å². The fourth-order valence-electron chi connectivity index (χ4n) is 5.04. The van der Waals surface area contributed by atoms with Crippen molar-refractivity contribution in [3.05, 3.63) is 47.5 Å². The number of rotatable bonds is 12. The summed E-state index contributed by atoms with van der Waals surface area (Å²) in [4.78, 5) is 13.3. The zero-order valence-electron chi connectivity index (χ0n) is 25.9. The molecule has 2 aromatic rings. The van der Waals surface area contributed by atoms with Crippen molar-refractivity contribution in [3.63, 3.8) is 0 Å². The molecule has 46 heavy (non-hydrogen) atoms. The normalized spacial score (nSPS) is 31.4. The van der Waals surface area contributed by atoms with Gasteiger partial charge in [0.1, 0.15) is 65.5 Å². The number of aliphatic hydroxyl groups is 6. The Hall–Kier alpha value is -3.51. The molecule has 2 fully saturated rings. The lowest BCUT2D eigenvalue weighted by molar-refractivity contribution is -0.318. The van der Waals surface area contributed by atoms with Crippen LogP contribution in [0.4, 0.5) is 0 Å². The van der Waals surface area contributed by atoms with Crippen molar-refractivity contribution in [2.24, 2.45) is 0 Å². The van der Waals surface area contributed by atoms with Crippen molar-refractivity contribution in [3.8, 4) is 28.7 Å². The first-order valence-corrected chi connectivity index (χ1v) is 14.3. The molecule has 10 atom stereocenters. The van der Waals surface area contributed by atoms with Gasteiger partial charge in [-0.25, -0.2) is 0 Å². The van der Waals surface area contributed by atoms with Gasteiger partial charge in [0.2, 0.25) is 6.29 Å². The molecule has 0 aliphatic carbocycles. The molecule has 15 heteroatoms. The first-order chi connectivity index (χ1) is 21.9. The van der Waals surface area contributed by atoms with E-state index in [1.54, 1.807) is 24.3 Å². The lowest BCUT2D eigenvalue weighted by atomic mass is 9.98. The summed E-state index contributed by atoms with van der Waals surface area (Å²) in [7, 11) is 5.69. The molecular weight excluding hydrogens is 612 g/mol. The van der Waals surface area contributed by atoms with Gasteiger partial charge in [0, 0.05) is 12.1 Å². The molecule has 0 unspecified atom stereocenters. The van der Waals surface area contributed by atoms with Crippen LogP contribution in [0.3, 0.4) is 0 Å². The van der Waals surface area contributed by atoms with Gasteiger partial charge in [0.05, 0.1) is 41.2 Å². The first kappa shape index (κ1) is 35.3. The average Bonchev–Trinajstić information content (AvgIpc) is 3.07. The second kappa shape index (κ2) is 15.4. The Morgan fingerprint density at radius 3 is 1.91 bits per heavy atom. The van der Waals surface area contributed by atoms with Crippen LogP contribution >= 0.6 is 0 Å². The van der Waals surface area contributed by atoms with Crippen LogP contribution in [0, 0.1) is 0 Å². The van der Waals surface area contributed by atoms with Gasteiger partial charge in [0.25, 0.3) is 0 Å². The summed E-state index contributed by atoms with van der Waals surface area (Å²) in [6.45, 7) is 1.01. The maximum atomic E-state index is 13.3. The quantitative estimate of drug-likeness (QED) is 0.128. The van der Waals surface area contributed by atoms with Crippen molar-refractivity contribution in [2.75, 3.05) is 35.0 Å². The third kappa shape index (κ3) is 7.54. The largest absolute Gasteiger partial charge is 0.496 e. The van der Waals surface area contributed by atoms with Gasteiger partial charge in [0.15, 0.2) is 23.6 Å².